The number of hydrogen-bond acceptors (Lipinski definition) is 3. The summed E-state index contributed by atoms with van der Waals surface area (Å²) in [5, 5.41) is 14.3. The molecule has 1 amide bonds. The maximum absolute atomic E-state index is 13.3. The third-order valence-electron chi connectivity index (χ3n) is 3.90. The molecule has 2 aromatic carbocycles. The second-order valence-electron chi connectivity index (χ2n) is 5.52. The summed E-state index contributed by atoms with van der Waals surface area (Å²) in [5.74, 6) is -1.64. The van der Waals surface area contributed by atoms with Crippen molar-refractivity contribution in [2.24, 2.45) is 0 Å². The zero-order valence-corrected chi connectivity index (χ0v) is 13.2. The first-order valence-electron chi connectivity index (χ1n) is 7.38. The van der Waals surface area contributed by atoms with E-state index in [1.165, 1.54) is 30.3 Å². The Morgan fingerprint density at radius 3 is 2.76 bits per heavy atom. The summed E-state index contributed by atoms with van der Waals surface area (Å²) in [5.41, 5.74) is 0.661. The van der Waals surface area contributed by atoms with Crippen LogP contribution in [0, 0.1) is 12.7 Å². The smallest absolute Gasteiger partial charge is 0.343 e. The number of aryl methyl sites for hydroxylation is 1. The van der Waals surface area contributed by atoms with Crippen molar-refractivity contribution in [3.8, 4) is 0 Å². The number of carbonyl (C=O) groups excluding carboxylic acids is 1. The summed E-state index contributed by atoms with van der Waals surface area (Å²) < 4.78 is 14.0. The van der Waals surface area contributed by atoms with Gasteiger partial charge in [-0.25, -0.2) is 14.0 Å². The van der Waals surface area contributed by atoms with E-state index in [0.29, 0.717) is 10.2 Å². The van der Waals surface area contributed by atoms with Crippen molar-refractivity contribution in [2.75, 3.05) is 0 Å². The number of nitrogens with zero attached hydrogens (tertiary/aromatic N) is 1. The van der Waals surface area contributed by atoms with Gasteiger partial charge in [0.25, 0.3) is 5.56 Å². The van der Waals surface area contributed by atoms with E-state index in [1.54, 1.807) is 13.0 Å². The van der Waals surface area contributed by atoms with Crippen molar-refractivity contribution in [3.05, 3.63) is 69.3 Å². The minimum atomic E-state index is -1.21. The number of benzene rings is 2. The summed E-state index contributed by atoms with van der Waals surface area (Å²) in [6, 6.07) is 7.63. The predicted octanol–water partition coefficient (Wildman–Crippen LogP) is 2.23. The molecule has 3 aromatic rings. The van der Waals surface area contributed by atoms with Gasteiger partial charge in [0.1, 0.15) is 5.82 Å². The van der Waals surface area contributed by atoms with Crippen LogP contribution in [0.3, 0.4) is 0 Å². The molecule has 0 fully saturated rings. The Morgan fingerprint density at radius 2 is 2.04 bits per heavy atom. The first-order valence-corrected chi connectivity index (χ1v) is 7.38. The molecule has 0 radical (unpaired) electrons. The third kappa shape index (κ3) is 3.01. The van der Waals surface area contributed by atoms with Crippen LogP contribution in [0.5, 0.6) is 0 Å². The van der Waals surface area contributed by atoms with Crippen molar-refractivity contribution in [1.82, 2.24) is 15.1 Å². The van der Waals surface area contributed by atoms with Crippen molar-refractivity contribution >= 4 is 22.9 Å². The van der Waals surface area contributed by atoms with E-state index in [0.717, 1.165) is 5.56 Å². The Morgan fingerprint density at radius 1 is 1.28 bits per heavy atom. The fourth-order valence-electron chi connectivity index (χ4n) is 2.54. The lowest BCUT2D eigenvalue weighted by Crippen LogP contribution is -2.35. The molecule has 0 saturated carbocycles. The first kappa shape index (κ1) is 16.4. The number of rotatable bonds is 3. The fraction of sp³-hybridized carbons (Fsp3) is 0.118. The molecule has 128 valence electrons. The van der Waals surface area contributed by atoms with Crippen LogP contribution in [0.1, 0.15) is 21.5 Å². The monoisotopic (exact) mass is 343 g/mol. The Balaban J connectivity index is 1.91. The highest BCUT2D eigenvalue weighted by Gasteiger charge is 2.17. The number of carboxylic acid groups (broad SMARTS) is 1. The van der Waals surface area contributed by atoms with Crippen LogP contribution in [0.4, 0.5) is 9.18 Å². The molecule has 0 bridgehead atoms. The third-order valence-corrected chi connectivity index (χ3v) is 3.90. The van der Waals surface area contributed by atoms with Gasteiger partial charge in [0.2, 0.25) is 0 Å². The van der Waals surface area contributed by atoms with Gasteiger partial charge >= 0.3 is 12.0 Å². The molecule has 1 heterocycles. The fourth-order valence-corrected chi connectivity index (χ4v) is 2.54. The number of halogens is 1. The molecule has 3 rings (SSSR count). The van der Waals surface area contributed by atoms with Crippen LogP contribution in [0.2, 0.25) is 0 Å². The van der Waals surface area contributed by atoms with Gasteiger partial charge in [0.05, 0.1) is 16.5 Å². The van der Waals surface area contributed by atoms with E-state index in [2.05, 4.69) is 10.4 Å². The number of hydrogen-bond donors (Lipinski definition) is 3. The summed E-state index contributed by atoms with van der Waals surface area (Å²) >= 11 is 0. The molecule has 0 atom stereocenters. The predicted molar refractivity (Wildman–Crippen MR) is 88.3 cm³/mol. The first-order chi connectivity index (χ1) is 11.9. The quantitative estimate of drug-likeness (QED) is 0.678. The summed E-state index contributed by atoms with van der Waals surface area (Å²) in [6.45, 7) is 1.80. The zero-order valence-electron chi connectivity index (χ0n) is 13.2. The number of aromatic amines is 1. The van der Waals surface area contributed by atoms with Crippen LogP contribution in [-0.2, 0) is 6.54 Å². The highest BCUT2D eigenvalue weighted by Crippen LogP contribution is 2.14. The topological polar surface area (TPSA) is 104 Å². The second kappa shape index (κ2) is 6.23. The molecular weight excluding hydrogens is 329 g/mol. The number of fused-ring (bicyclic) bond motifs is 1. The molecule has 0 unspecified atom stereocenters. The largest absolute Gasteiger partial charge is 0.478 e. The SMILES string of the molecule is Cc1ccc(F)cc1CNC(=O)n1[nH]c2c(C(=O)O)cccc2c1=O. The lowest BCUT2D eigenvalue weighted by molar-refractivity contribution is 0.0698. The van der Waals surface area contributed by atoms with Crippen molar-refractivity contribution < 1.29 is 19.1 Å². The Labute approximate surface area is 140 Å². The molecule has 7 nitrogen and oxygen atoms in total. The second-order valence-corrected chi connectivity index (χ2v) is 5.52. The number of aromatic carboxylic acids is 1. The van der Waals surface area contributed by atoms with Crippen LogP contribution in [0.15, 0.2) is 41.2 Å². The van der Waals surface area contributed by atoms with Gasteiger partial charge in [-0.1, -0.05) is 12.1 Å². The lowest BCUT2D eigenvalue weighted by atomic mass is 10.1. The van der Waals surface area contributed by atoms with E-state index in [9.17, 15) is 18.8 Å². The molecule has 0 aliphatic heterocycles. The minimum Gasteiger partial charge on any atom is -0.478 e. The zero-order chi connectivity index (χ0) is 18.1. The molecule has 25 heavy (non-hydrogen) atoms. The number of amides is 1. The minimum absolute atomic E-state index is 0.0238. The maximum Gasteiger partial charge on any atom is 0.343 e. The highest BCUT2D eigenvalue weighted by atomic mass is 19.1. The van der Waals surface area contributed by atoms with E-state index < -0.39 is 23.4 Å². The molecule has 3 N–H and O–H groups in total. The van der Waals surface area contributed by atoms with Gasteiger partial charge in [-0.05, 0) is 42.3 Å². The van der Waals surface area contributed by atoms with Crippen molar-refractivity contribution in [2.45, 2.75) is 13.5 Å². The van der Waals surface area contributed by atoms with Gasteiger partial charge in [0, 0.05) is 6.54 Å². The lowest BCUT2D eigenvalue weighted by Gasteiger charge is -2.08. The van der Waals surface area contributed by atoms with E-state index >= 15 is 0 Å². The summed E-state index contributed by atoms with van der Waals surface area (Å²) in [6.07, 6.45) is 0. The number of aromatic nitrogens is 2. The number of para-hydroxylation sites is 1. The number of carboxylic acids is 1. The Bertz CT molecular complexity index is 1050. The van der Waals surface area contributed by atoms with E-state index in [1.807, 2.05) is 0 Å². The van der Waals surface area contributed by atoms with Crippen molar-refractivity contribution in [1.29, 1.82) is 0 Å². The van der Waals surface area contributed by atoms with Crippen LogP contribution < -0.4 is 10.9 Å². The highest BCUT2D eigenvalue weighted by molar-refractivity contribution is 6.02. The number of carbonyl (C=O) groups is 2. The standard InChI is InChI=1S/C17H14FN3O4/c1-9-5-6-11(18)7-10(9)8-19-17(25)21-15(22)12-3-2-4-13(16(23)24)14(12)20-21/h2-7,20H,8H2,1H3,(H,19,25)(H,23,24). The van der Waals surface area contributed by atoms with Gasteiger partial charge < -0.3 is 10.4 Å². The van der Waals surface area contributed by atoms with Crippen molar-refractivity contribution in [3.63, 3.8) is 0 Å². The average Bonchev–Trinajstić information content (AvgIpc) is 2.92. The molecule has 8 heteroatoms. The van der Waals surface area contributed by atoms with Gasteiger partial charge in [-0.2, -0.15) is 4.68 Å². The Hall–Kier alpha value is -3.42. The number of H-pyrrole nitrogens is 1. The van der Waals surface area contributed by atoms with Crippen LogP contribution in [-0.4, -0.2) is 26.9 Å². The molecular formula is C17H14FN3O4. The van der Waals surface area contributed by atoms with Gasteiger partial charge in [-0.3, -0.25) is 9.89 Å². The van der Waals surface area contributed by atoms with E-state index in [4.69, 9.17) is 5.11 Å². The normalized spacial score (nSPS) is 10.8. The molecule has 0 saturated heterocycles. The Kier molecular flexibility index (Phi) is 4.10. The molecule has 0 aliphatic carbocycles. The average molecular weight is 343 g/mol. The number of nitrogens with one attached hydrogen (secondary N) is 2. The molecule has 0 spiro atoms. The van der Waals surface area contributed by atoms with E-state index in [-0.39, 0.29) is 23.0 Å². The van der Waals surface area contributed by atoms with Gasteiger partial charge in [-0.15, -0.1) is 0 Å². The van der Waals surface area contributed by atoms with Crippen LogP contribution >= 0.6 is 0 Å². The van der Waals surface area contributed by atoms with Crippen LogP contribution in [0.25, 0.3) is 10.9 Å². The summed E-state index contributed by atoms with van der Waals surface area (Å²) in [7, 11) is 0. The maximum atomic E-state index is 13.3. The molecule has 1 aromatic heterocycles. The van der Waals surface area contributed by atoms with Gasteiger partial charge in [0.15, 0.2) is 0 Å². The summed E-state index contributed by atoms with van der Waals surface area (Å²) in [4.78, 5) is 35.8. The molecule has 0 aliphatic rings.